The third kappa shape index (κ3) is 1.77. The fraction of sp³-hybridized carbons (Fsp3) is 0.182. The highest BCUT2D eigenvalue weighted by Crippen LogP contribution is 2.26. The summed E-state index contributed by atoms with van der Waals surface area (Å²) in [7, 11) is -3.50. The second-order valence-electron chi connectivity index (χ2n) is 3.96. The van der Waals surface area contributed by atoms with Crippen molar-refractivity contribution in [2.75, 3.05) is 0 Å². The highest BCUT2D eigenvalue weighted by atomic mass is 32.2. The molecule has 0 unspecified atom stereocenters. The molecule has 0 atom stereocenters. The number of aromatic nitrogens is 3. The maximum atomic E-state index is 12.3. The SMILES string of the molecule is O=S(=O)(c1cccnc1)N1Cc2cncnc2C1. The number of nitrogens with zero attached hydrogens (tertiary/aromatic N) is 4. The van der Waals surface area contributed by atoms with Crippen LogP contribution in [0.2, 0.25) is 0 Å². The van der Waals surface area contributed by atoms with Gasteiger partial charge >= 0.3 is 0 Å². The number of pyridine rings is 1. The fourth-order valence-electron chi connectivity index (χ4n) is 1.89. The molecule has 0 saturated carbocycles. The van der Waals surface area contributed by atoms with Gasteiger partial charge in [-0.15, -0.1) is 0 Å². The molecule has 7 heteroatoms. The van der Waals surface area contributed by atoms with Crippen molar-refractivity contribution < 1.29 is 8.42 Å². The van der Waals surface area contributed by atoms with E-state index in [0.29, 0.717) is 6.54 Å². The molecule has 2 aromatic heterocycles. The molecule has 18 heavy (non-hydrogen) atoms. The minimum absolute atomic E-state index is 0.200. The Labute approximate surface area is 104 Å². The quantitative estimate of drug-likeness (QED) is 0.791. The van der Waals surface area contributed by atoms with E-state index in [2.05, 4.69) is 15.0 Å². The van der Waals surface area contributed by atoms with Crippen molar-refractivity contribution in [1.29, 1.82) is 0 Å². The molecule has 0 bridgehead atoms. The summed E-state index contributed by atoms with van der Waals surface area (Å²) in [5, 5.41) is 0. The first-order valence-corrected chi connectivity index (χ1v) is 6.80. The summed E-state index contributed by atoms with van der Waals surface area (Å²) >= 11 is 0. The number of rotatable bonds is 2. The summed E-state index contributed by atoms with van der Waals surface area (Å²) in [5.41, 5.74) is 1.61. The van der Waals surface area contributed by atoms with Crippen molar-refractivity contribution in [1.82, 2.24) is 19.3 Å². The van der Waals surface area contributed by atoms with Crippen molar-refractivity contribution in [3.05, 3.63) is 48.3 Å². The zero-order valence-electron chi connectivity index (χ0n) is 9.39. The zero-order chi connectivity index (χ0) is 12.6. The highest BCUT2D eigenvalue weighted by Gasteiger charge is 2.31. The van der Waals surface area contributed by atoms with Crippen molar-refractivity contribution in [2.24, 2.45) is 0 Å². The summed E-state index contributed by atoms with van der Waals surface area (Å²) < 4.78 is 26.1. The van der Waals surface area contributed by atoms with Gasteiger partial charge in [0.1, 0.15) is 11.2 Å². The lowest BCUT2D eigenvalue weighted by atomic mass is 10.3. The smallest absolute Gasteiger partial charge is 0.245 e. The topological polar surface area (TPSA) is 76.1 Å². The Bertz CT molecular complexity index is 647. The second-order valence-corrected chi connectivity index (χ2v) is 5.89. The van der Waals surface area contributed by atoms with Crippen LogP contribution in [0.15, 0.2) is 41.9 Å². The van der Waals surface area contributed by atoms with E-state index in [4.69, 9.17) is 0 Å². The van der Waals surface area contributed by atoms with Gasteiger partial charge < -0.3 is 0 Å². The summed E-state index contributed by atoms with van der Waals surface area (Å²) in [6.07, 6.45) is 5.98. The van der Waals surface area contributed by atoms with Crippen LogP contribution >= 0.6 is 0 Å². The van der Waals surface area contributed by atoms with E-state index in [0.717, 1.165) is 11.3 Å². The zero-order valence-corrected chi connectivity index (χ0v) is 10.2. The van der Waals surface area contributed by atoms with Crippen LogP contribution in [-0.2, 0) is 23.1 Å². The monoisotopic (exact) mass is 262 g/mol. The Hall–Kier alpha value is -1.86. The first kappa shape index (κ1) is 11.2. The van der Waals surface area contributed by atoms with Gasteiger partial charge in [0.05, 0.1) is 12.2 Å². The van der Waals surface area contributed by atoms with E-state index >= 15 is 0 Å². The molecule has 0 aliphatic carbocycles. The van der Waals surface area contributed by atoms with Crippen molar-refractivity contribution in [3.63, 3.8) is 0 Å². The van der Waals surface area contributed by atoms with Gasteiger partial charge in [0.2, 0.25) is 10.0 Å². The van der Waals surface area contributed by atoms with Gasteiger partial charge in [-0.3, -0.25) is 4.98 Å². The lowest BCUT2D eigenvalue weighted by Gasteiger charge is -2.14. The van der Waals surface area contributed by atoms with E-state index in [1.54, 1.807) is 18.5 Å². The highest BCUT2D eigenvalue weighted by molar-refractivity contribution is 7.89. The van der Waals surface area contributed by atoms with Crippen molar-refractivity contribution in [3.8, 4) is 0 Å². The fourth-order valence-corrected chi connectivity index (χ4v) is 3.23. The molecule has 3 heterocycles. The maximum absolute atomic E-state index is 12.3. The predicted octanol–water partition coefficient (Wildman–Crippen LogP) is 0.576. The molecule has 3 rings (SSSR count). The molecular weight excluding hydrogens is 252 g/mol. The van der Waals surface area contributed by atoms with Crippen LogP contribution in [0.5, 0.6) is 0 Å². The normalized spacial score (nSPS) is 15.6. The third-order valence-electron chi connectivity index (χ3n) is 2.83. The van der Waals surface area contributed by atoms with Crippen LogP contribution in [0.1, 0.15) is 11.3 Å². The minimum atomic E-state index is -3.50. The number of fused-ring (bicyclic) bond motifs is 1. The van der Waals surface area contributed by atoms with Crippen LogP contribution in [0.4, 0.5) is 0 Å². The Balaban J connectivity index is 1.95. The first-order chi connectivity index (χ1) is 8.68. The molecule has 0 aromatic carbocycles. The second kappa shape index (κ2) is 4.11. The Morgan fingerprint density at radius 2 is 2.06 bits per heavy atom. The molecule has 1 aliphatic heterocycles. The van der Waals surface area contributed by atoms with Crippen LogP contribution in [0.25, 0.3) is 0 Å². The number of sulfonamides is 1. The number of hydrogen-bond donors (Lipinski definition) is 0. The summed E-state index contributed by atoms with van der Waals surface area (Å²) in [5.74, 6) is 0. The largest absolute Gasteiger partial charge is 0.263 e. The molecule has 0 saturated heterocycles. The lowest BCUT2D eigenvalue weighted by molar-refractivity contribution is 0.429. The predicted molar refractivity (Wildman–Crippen MR) is 62.7 cm³/mol. The molecule has 0 N–H and O–H groups in total. The molecule has 0 amide bonds. The molecular formula is C11H10N4O2S. The van der Waals surface area contributed by atoms with E-state index in [9.17, 15) is 8.42 Å². The summed E-state index contributed by atoms with van der Waals surface area (Å²) in [6.45, 7) is 0.600. The Morgan fingerprint density at radius 1 is 1.17 bits per heavy atom. The molecule has 0 spiro atoms. The number of hydrogen-bond acceptors (Lipinski definition) is 5. The standard InChI is InChI=1S/C11H10N4O2S/c16-18(17,10-2-1-3-12-5-10)15-6-9-4-13-8-14-11(9)7-15/h1-5,8H,6-7H2. The molecule has 6 nitrogen and oxygen atoms in total. The van der Waals surface area contributed by atoms with E-state index in [-0.39, 0.29) is 11.4 Å². The lowest BCUT2D eigenvalue weighted by Crippen LogP contribution is -2.25. The van der Waals surface area contributed by atoms with Gasteiger partial charge in [0.25, 0.3) is 0 Å². The molecule has 0 radical (unpaired) electrons. The van der Waals surface area contributed by atoms with Gasteiger partial charge in [-0.2, -0.15) is 4.31 Å². The maximum Gasteiger partial charge on any atom is 0.245 e. The van der Waals surface area contributed by atoms with Crippen LogP contribution < -0.4 is 0 Å². The Morgan fingerprint density at radius 3 is 2.78 bits per heavy atom. The van der Waals surface area contributed by atoms with Gasteiger partial charge in [-0.1, -0.05) is 0 Å². The van der Waals surface area contributed by atoms with E-state index < -0.39 is 10.0 Å². The molecule has 2 aromatic rings. The first-order valence-electron chi connectivity index (χ1n) is 5.36. The summed E-state index contributed by atoms with van der Waals surface area (Å²) in [4.78, 5) is 12.0. The van der Waals surface area contributed by atoms with Crippen LogP contribution in [0.3, 0.4) is 0 Å². The minimum Gasteiger partial charge on any atom is -0.263 e. The van der Waals surface area contributed by atoms with Crippen molar-refractivity contribution >= 4 is 10.0 Å². The average Bonchev–Trinajstić information content (AvgIpc) is 2.84. The summed E-state index contributed by atoms with van der Waals surface area (Å²) in [6, 6.07) is 3.15. The third-order valence-corrected chi connectivity index (χ3v) is 4.60. The molecule has 0 fully saturated rings. The van der Waals surface area contributed by atoms with Gasteiger partial charge in [0.15, 0.2) is 0 Å². The van der Waals surface area contributed by atoms with Gasteiger partial charge in [0, 0.05) is 30.7 Å². The molecule has 1 aliphatic rings. The van der Waals surface area contributed by atoms with Gasteiger partial charge in [-0.25, -0.2) is 18.4 Å². The van der Waals surface area contributed by atoms with Crippen molar-refractivity contribution in [2.45, 2.75) is 18.0 Å². The van der Waals surface area contributed by atoms with E-state index in [1.165, 1.54) is 22.9 Å². The molecule has 92 valence electrons. The van der Waals surface area contributed by atoms with Crippen LogP contribution in [0, 0.1) is 0 Å². The Kier molecular flexibility index (Phi) is 2.57. The van der Waals surface area contributed by atoms with Crippen LogP contribution in [-0.4, -0.2) is 27.7 Å². The van der Waals surface area contributed by atoms with Gasteiger partial charge in [-0.05, 0) is 12.1 Å². The van der Waals surface area contributed by atoms with E-state index in [1.807, 2.05) is 0 Å². The average molecular weight is 262 g/mol.